The van der Waals surface area contributed by atoms with Crippen LogP contribution in [-0.2, 0) is 11.3 Å². The Hall–Kier alpha value is -4.05. The van der Waals surface area contributed by atoms with Crippen molar-refractivity contribution in [2.75, 3.05) is 36.5 Å². The summed E-state index contributed by atoms with van der Waals surface area (Å²) in [5.41, 5.74) is 3.88. The molecule has 0 aliphatic carbocycles. The number of hydrogen-bond acceptors (Lipinski definition) is 8. The van der Waals surface area contributed by atoms with Crippen LogP contribution in [-0.4, -0.2) is 47.0 Å². The van der Waals surface area contributed by atoms with Gasteiger partial charge >= 0.3 is 0 Å². The molecule has 0 unspecified atom stereocenters. The summed E-state index contributed by atoms with van der Waals surface area (Å²) in [5.74, 6) is -0.00955. The first-order chi connectivity index (χ1) is 18.6. The molecule has 38 heavy (non-hydrogen) atoms. The smallest absolute Gasteiger partial charge is 0.279 e. The third-order valence-electron chi connectivity index (χ3n) is 6.93. The van der Waals surface area contributed by atoms with Crippen LogP contribution in [0.1, 0.15) is 54.4 Å². The lowest BCUT2D eigenvalue weighted by molar-refractivity contribution is -0.384. The predicted octanol–water partition coefficient (Wildman–Crippen LogP) is 5.22. The van der Waals surface area contributed by atoms with Crippen molar-refractivity contribution in [2.24, 2.45) is 0 Å². The molecule has 1 aromatic heterocycles. The monoisotopic (exact) mass is 516 g/mol. The number of ether oxygens (including phenoxy) is 1. The number of aromatic nitrogens is 2. The van der Waals surface area contributed by atoms with Crippen LogP contribution in [0.15, 0.2) is 48.7 Å². The van der Waals surface area contributed by atoms with Gasteiger partial charge in [-0.05, 0) is 74.9 Å². The fourth-order valence-electron chi connectivity index (χ4n) is 4.95. The molecule has 1 fully saturated rings. The van der Waals surface area contributed by atoms with E-state index in [2.05, 4.69) is 37.6 Å². The van der Waals surface area contributed by atoms with Gasteiger partial charge in [0, 0.05) is 61.0 Å². The number of benzene rings is 2. The second-order valence-corrected chi connectivity index (χ2v) is 9.64. The maximum atomic E-state index is 12.6. The lowest BCUT2D eigenvalue weighted by atomic mass is 10.1. The molecule has 0 saturated carbocycles. The van der Waals surface area contributed by atoms with Crippen molar-refractivity contribution in [2.45, 2.75) is 45.1 Å². The molecule has 6 bridgehead atoms. The van der Waals surface area contributed by atoms with E-state index in [1.807, 2.05) is 6.07 Å². The molecule has 0 atom stereocenters. The van der Waals surface area contributed by atoms with Gasteiger partial charge in [-0.25, -0.2) is 9.97 Å². The van der Waals surface area contributed by atoms with E-state index in [9.17, 15) is 14.9 Å². The summed E-state index contributed by atoms with van der Waals surface area (Å²) in [5, 5.41) is 18.0. The average Bonchev–Trinajstić information content (AvgIpc) is 2.94. The summed E-state index contributed by atoms with van der Waals surface area (Å²) in [7, 11) is 0. The topological polar surface area (TPSA) is 123 Å². The van der Waals surface area contributed by atoms with E-state index in [4.69, 9.17) is 4.74 Å². The molecule has 2 N–H and O–H groups in total. The van der Waals surface area contributed by atoms with Crippen molar-refractivity contribution in [1.29, 1.82) is 0 Å². The lowest BCUT2D eigenvalue weighted by Crippen LogP contribution is -2.30. The van der Waals surface area contributed by atoms with Crippen LogP contribution in [0, 0.1) is 10.1 Å². The van der Waals surface area contributed by atoms with E-state index < -0.39 is 4.92 Å². The number of nitro benzene ring substituents is 1. The van der Waals surface area contributed by atoms with Crippen molar-refractivity contribution in [1.82, 2.24) is 15.3 Å². The number of nitrogens with one attached hydrogen (secondary N) is 2. The van der Waals surface area contributed by atoms with Gasteiger partial charge < -0.3 is 20.3 Å². The Kier molecular flexibility index (Phi) is 8.08. The Morgan fingerprint density at radius 3 is 2.66 bits per heavy atom. The number of hydrogen-bond donors (Lipinski definition) is 2. The first-order valence-electron chi connectivity index (χ1n) is 13.2. The van der Waals surface area contributed by atoms with Crippen molar-refractivity contribution in [3.8, 4) is 11.3 Å². The molecule has 0 spiro atoms. The first-order valence-corrected chi connectivity index (χ1v) is 13.2. The van der Waals surface area contributed by atoms with Gasteiger partial charge in [0.25, 0.3) is 11.6 Å². The molecule has 3 aliphatic heterocycles. The van der Waals surface area contributed by atoms with Crippen LogP contribution >= 0.6 is 0 Å². The van der Waals surface area contributed by atoms with E-state index in [1.54, 1.807) is 24.4 Å². The highest BCUT2D eigenvalue weighted by Crippen LogP contribution is 2.32. The van der Waals surface area contributed by atoms with Gasteiger partial charge in [0.2, 0.25) is 5.95 Å². The highest BCUT2D eigenvalue weighted by Gasteiger charge is 2.21. The van der Waals surface area contributed by atoms with Crippen LogP contribution in [0.5, 0.6) is 0 Å². The van der Waals surface area contributed by atoms with Gasteiger partial charge in [-0.15, -0.1) is 0 Å². The van der Waals surface area contributed by atoms with Crippen molar-refractivity contribution >= 4 is 28.9 Å². The molecule has 3 aliphatic rings. The molecule has 2 aromatic carbocycles. The van der Waals surface area contributed by atoms with Crippen LogP contribution in [0.25, 0.3) is 11.3 Å². The van der Waals surface area contributed by atoms with Gasteiger partial charge in [0.15, 0.2) is 0 Å². The Labute approximate surface area is 221 Å². The summed E-state index contributed by atoms with van der Waals surface area (Å²) < 4.78 is 6.06. The largest absolute Gasteiger partial charge is 0.377 e. The average molecular weight is 517 g/mol. The van der Waals surface area contributed by atoms with E-state index in [0.29, 0.717) is 37.0 Å². The van der Waals surface area contributed by atoms with Crippen molar-refractivity contribution < 1.29 is 14.5 Å². The zero-order valence-electron chi connectivity index (χ0n) is 21.3. The lowest BCUT2D eigenvalue weighted by Gasteiger charge is -2.31. The van der Waals surface area contributed by atoms with Crippen molar-refractivity contribution in [3.05, 3.63) is 69.9 Å². The number of fused-ring (bicyclic) bond motifs is 10. The van der Waals surface area contributed by atoms with Gasteiger partial charge in [-0.1, -0.05) is 0 Å². The molecule has 3 aromatic rings. The number of nitrogens with zero attached hydrogens (tertiary/aromatic N) is 4. The van der Waals surface area contributed by atoms with Gasteiger partial charge in [-0.3, -0.25) is 14.9 Å². The Bertz CT molecular complexity index is 1310. The minimum Gasteiger partial charge on any atom is -0.377 e. The molecule has 10 nitrogen and oxygen atoms in total. The minimum atomic E-state index is -0.487. The second kappa shape index (κ2) is 12.0. The van der Waals surface area contributed by atoms with E-state index in [-0.39, 0.29) is 17.2 Å². The number of rotatable bonds is 2. The Morgan fingerprint density at radius 1 is 0.974 bits per heavy atom. The van der Waals surface area contributed by atoms with Crippen LogP contribution in [0.2, 0.25) is 0 Å². The molecule has 198 valence electrons. The van der Waals surface area contributed by atoms with E-state index >= 15 is 0 Å². The normalized spacial score (nSPS) is 16.8. The summed E-state index contributed by atoms with van der Waals surface area (Å²) in [4.78, 5) is 35.3. The van der Waals surface area contributed by atoms with Gasteiger partial charge in [-0.2, -0.15) is 0 Å². The Morgan fingerprint density at radius 2 is 1.82 bits per heavy atom. The summed E-state index contributed by atoms with van der Waals surface area (Å²) in [6.07, 6.45) is 7.79. The number of nitro groups is 1. The molecule has 1 amide bonds. The zero-order chi connectivity index (χ0) is 26.3. The predicted molar refractivity (Wildman–Crippen MR) is 146 cm³/mol. The summed E-state index contributed by atoms with van der Waals surface area (Å²) in [6.45, 7) is 3.69. The summed E-state index contributed by atoms with van der Waals surface area (Å²) >= 11 is 0. The fourth-order valence-corrected chi connectivity index (χ4v) is 4.95. The molecular weight excluding hydrogens is 484 g/mol. The number of piperidine rings is 1. The van der Waals surface area contributed by atoms with Crippen LogP contribution in [0.4, 0.5) is 23.0 Å². The maximum Gasteiger partial charge on any atom is 0.279 e. The second-order valence-electron chi connectivity index (χ2n) is 9.64. The standard InChI is InChI=1S/C28H32N6O4/c35-27-20-7-9-23(26(18-20)34(36)37)24-11-13-30-28(32-24)31-22-8-10-25(33-14-4-2-5-15-33)21(17-22)19-38-16-6-1-3-12-29-27/h7-11,13,17-18H,1-6,12,14-16,19H2,(H,29,35)(H,30,31,32). The highest BCUT2D eigenvalue weighted by molar-refractivity contribution is 5.96. The van der Waals surface area contributed by atoms with Gasteiger partial charge in [0.05, 0.1) is 22.8 Å². The quantitative estimate of drug-likeness (QED) is 0.351. The number of carbonyl (C=O) groups excluding carboxylic acids is 1. The van der Waals surface area contributed by atoms with Crippen molar-refractivity contribution in [3.63, 3.8) is 0 Å². The van der Waals surface area contributed by atoms with E-state index in [0.717, 1.165) is 43.6 Å². The minimum absolute atomic E-state index is 0.179. The third-order valence-corrected chi connectivity index (χ3v) is 6.93. The zero-order valence-corrected chi connectivity index (χ0v) is 21.3. The Balaban J connectivity index is 1.49. The fraction of sp³-hybridized carbons (Fsp3) is 0.393. The number of anilines is 3. The molecule has 1 saturated heterocycles. The molecular formula is C28H32N6O4. The molecule has 0 radical (unpaired) electrons. The first kappa shape index (κ1) is 25.6. The van der Waals surface area contributed by atoms with Gasteiger partial charge in [0.1, 0.15) is 0 Å². The molecule has 6 rings (SSSR count). The van der Waals surface area contributed by atoms with E-state index in [1.165, 1.54) is 31.0 Å². The molecule has 4 heterocycles. The van der Waals surface area contributed by atoms with Crippen LogP contribution in [0.3, 0.4) is 0 Å². The summed E-state index contributed by atoms with van der Waals surface area (Å²) in [6, 6.07) is 12.3. The third kappa shape index (κ3) is 6.08. The SMILES string of the molecule is O=C1NCCCCCOCc2cc(ccc2N2CCCCC2)Nc2nccc(n2)-c2ccc1cc2[N+](=O)[O-]. The molecule has 10 heteroatoms. The maximum absolute atomic E-state index is 12.6. The highest BCUT2D eigenvalue weighted by atomic mass is 16.6. The number of carbonyl (C=O) groups is 1. The van der Waals surface area contributed by atoms with Crippen LogP contribution < -0.4 is 15.5 Å². The number of amides is 1.